The smallest absolute Gasteiger partial charge is 0.264 e. The van der Waals surface area contributed by atoms with Gasteiger partial charge in [0.15, 0.2) is 5.17 Å². The molecule has 2 aromatic carbocycles. The van der Waals surface area contributed by atoms with Crippen LogP contribution in [0.3, 0.4) is 0 Å². The molecule has 0 saturated carbocycles. The average Bonchev–Trinajstić information content (AvgIpc) is 2.93. The number of nitrogens with one attached hydrogen (secondary N) is 1. The summed E-state index contributed by atoms with van der Waals surface area (Å²) in [5, 5.41) is 3.41. The molecule has 0 aliphatic carbocycles. The number of ether oxygens (including phenoxy) is 1. The van der Waals surface area contributed by atoms with Crippen molar-refractivity contribution in [1.82, 2.24) is 5.32 Å². The molecule has 0 atom stereocenters. The standard InChI is InChI=1S/C19H18N2O2S2/c1-12-5-4-6-14(9-12)20-19-21-18(22)17(25-19)11-13-7-8-16(24-3)15(10-13)23-2/h4-11H,1-3H3,(H,20,21,22)/b17-11-. The predicted octanol–water partition coefficient (Wildman–Crippen LogP) is 4.62. The van der Waals surface area contributed by atoms with Crippen LogP contribution in [-0.2, 0) is 4.79 Å². The first-order valence-corrected chi connectivity index (χ1v) is 9.71. The molecule has 3 rings (SSSR count). The normalized spacial score (nSPS) is 17.2. The molecule has 0 radical (unpaired) electrons. The van der Waals surface area contributed by atoms with E-state index in [1.54, 1.807) is 18.9 Å². The van der Waals surface area contributed by atoms with Crippen LogP contribution in [0.5, 0.6) is 5.75 Å². The Bertz CT molecular complexity index is 875. The number of hydrogen-bond acceptors (Lipinski definition) is 5. The molecule has 25 heavy (non-hydrogen) atoms. The molecule has 1 aliphatic heterocycles. The summed E-state index contributed by atoms with van der Waals surface area (Å²) in [4.78, 5) is 18.4. The van der Waals surface area contributed by atoms with E-state index in [1.807, 2.05) is 61.7 Å². The number of rotatable bonds is 4. The lowest BCUT2D eigenvalue weighted by molar-refractivity contribution is -0.115. The van der Waals surface area contributed by atoms with Crippen molar-refractivity contribution in [2.45, 2.75) is 11.8 Å². The second kappa shape index (κ2) is 7.80. The Balaban J connectivity index is 1.84. The van der Waals surface area contributed by atoms with Gasteiger partial charge in [0.25, 0.3) is 5.91 Å². The van der Waals surface area contributed by atoms with Gasteiger partial charge in [0.05, 0.1) is 17.7 Å². The number of methoxy groups -OCH3 is 1. The van der Waals surface area contributed by atoms with Gasteiger partial charge in [-0.05, 0) is 66.4 Å². The van der Waals surface area contributed by atoms with Gasteiger partial charge in [-0.1, -0.05) is 18.2 Å². The molecule has 1 heterocycles. The van der Waals surface area contributed by atoms with Gasteiger partial charge in [-0.15, -0.1) is 11.8 Å². The lowest BCUT2D eigenvalue weighted by atomic mass is 10.2. The van der Waals surface area contributed by atoms with E-state index < -0.39 is 0 Å². The lowest BCUT2D eigenvalue weighted by Crippen LogP contribution is -2.19. The number of aryl methyl sites for hydroxylation is 1. The summed E-state index contributed by atoms with van der Waals surface area (Å²) < 4.78 is 5.40. The van der Waals surface area contributed by atoms with Gasteiger partial charge in [0.1, 0.15) is 5.75 Å². The number of hydrogen-bond donors (Lipinski definition) is 1. The molecule has 1 amide bonds. The van der Waals surface area contributed by atoms with E-state index in [-0.39, 0.29) is 5.91 Å². The SMILES string of the molecule is COc1cc(/C=C2\SC(=Nc3cccc(C)c3)NC2=O)ccc1SC. The first-order valence-electron chi connectivity index (χ1n) is 7.67. The molecule has 0 bridgehead atoms. The van der Waals surface area contributed by atoms with Crippen molar-refractivity contribution < 1.29 is 9.53 Å². The molecule has 0 unspecified atom stereocenters. The summed E-state index contributed by atoms with van der Waals surface area (Å²) in [5.74, 6) is 0.670. The quantitative estimate of drug-likeness (QED) is 0.630. The molecular formula is C19H18N2O2S2. The molecule has 1 aliphatic rings. The molecule has 6 heteroatoms. The Morgan fingerprint density at radius 3 is 2.80 bits per heavy atom. The molecule has 128 valence electrons. The maximum atomic E-state index is 12.2. The summed E-state index contributed by atoms with van der Waals surface area (Å²) >= 11 is 2.97. The van der Waals surface area contributed by atoms with Gasteiger partial charge in [-0.2, -0.15) is 0 Å². The highest BCUT2D eigenvalue weighted by Crippen LogP contribution is 2.32. The molecule has 0 spiro atoms. The van der Waals surface area contributed by atoms with Crippen LogP contribution in [0.25, 0.3) is 6.08 Å². The predicted molar refractivity (Wildman–Crippen MR) is 107 cm³/mol. The Labute approximate surface area is 155 Å². The van der Waals surface area contributed by atoms with Crippen molar-refractivity contribution in [2.75, 3.05) is 13.4 Å². The van der Waals surface area contributed by atoms with Crippen LogP contribution in [-0.4, -0.2) is 24.4 Å². The minimum Gasteiger partial charge on any atom is -0.496 e. The number of amidine groups is 1. The number of carbonyl (C=O) groups excluding carboxylic acids is 1. The Morgan fingerprint density at radius 1 is 1.24 bits per heavy atom. The van der Waals surface area contributed by atoms with Crippen molar-refractivity contribution in [3.63, 3.8) is 0 Å². The molecule has 2 aromatic rings. The minimum atomic E-state index is -0.135. The highest BCUT2D eigenvalue weighted by atomic mass is 32.2. The minimum absolute atomic E-state index is 0.135. The van der Waals surface area contributed by atoms with Gasteiger partial charge in [0, 0.05) is 4.90 Å². The second-order valence-electron chi connectivity index (χ2n) is 5.44. The van der Waals surface area contributed by atoms with Crippen molar-refractivity contribution >= 4 is 46.4 Å². The van der Waals surface area contributed by atoms with Crippen molar-refractivity contribution in [2.24, 2.45) is 4.99 Å². The fourth-order valence-electron chi connectivity index (χ4n) is 2.39. The fraction of sp³-hybridized carbons (Fsp3) is 0.158. The Morgan fingerprint density at radius 2 is 2.08 bits per heavy atom. The van der Waals surface area contributed by atoms with E-state index >= 15 is 0 Å². The second-order valence-corrected chi connectivity index (χ2v) is 7.31. The first kappa shape index (κ1) is 17.6. The Hall–Kier alpha value is -2.18. The molecule has 4 nitrogen and oxygen atoms in total. The highest BCUT2D eigenvalue weighted by Gasteiger charge is 2.23. The number of nitrogens with zero attached hydrogens (tertiary/aromatic N) is 1. The summed E-state index contributed by atoms with van der Waals surface area (Å²) in [5.41, 5.74) is 2.88. The zero-order valence-electron chi connectivity index (χ0n) is 14.2. The van der Waals surface area contributed by atoms with E-state index in [2.05, 4.69) is 10.3 Å². The molecule has 1 fully saturated rings. The highest BCUT2D eigenvalue weighted by molar-refractivity contribution is 8.18. The number of thioether (sulfide) groups is 2. The van der Waals surface area contributed by atoms with Gasteiger partial charge in [-0.3, -0.25) is 4.79 Å². The maximum absolute atomic E-state index is 12.2. The summed E-state index contributed by atoms with van der Waals surface area (Å²) in [6, 6.07) is 13.8. The van der Waals surface area contributed by atoms with Gasteiger partial charge in [0.2, 0.25) is 0 Å². The van der Waals surface area contributed by atoms with Crippen LogP contribution >= 0.6 is 23.5 Å². The van der Waals surface area contributed by atoms with Gasteiger partial charge >= 0.3 is 0 Å². The molecule has 0 aromatic heterocycles. The first-order chi connectivity index (χ1) is 12.1. The number of benzene rings is 2. The van der Waals surface area contributed by atoms with Crippen molar-refractivity contribution in [3.05, 3.63) is 58.5 Å². The third kappa shape index (κ3) is 4.27. The third-order valence-corrected chi connectivity index (χ3v) is 5.28. The van der Waals surface area contributed by atoms with E-state index in [4.69, 9.17) is 4.74 Å². The van der Waals surface area contributed by atoms with Crippen molar-refractivity contribution in [1.29, 1.82) is 0 Å². The van der Waals surface area contributed by atoms with Crippen LogP contribution in [0.2, 0.25) is 0 Å². The van der Waals surface area contributed by atoms with Crippen molar-refractivity contribution in [3.8, 4) is 5.75 Å². The van der Waals surface area contributed by atoms with Crippen LogP contribution < -0.4 is 10.1 Å². The molecular weight excluding hydrogens is 352 g/mol. The fourth-order valence-corrected chi connectivity index (χ4v) is 3.78. The van der Waals surface area contributed by atoms with Crippen LogP contribution in [0.4, 0.5) is 5.69 Å². The third-order valence-electron chi connectivity index (χ3n) is 3.59. The van der Waals surface area contributed by atoms with E-state index in [1.165, 1.54) is 11.8 Å². The molecule has 1 saturated heterocycles. The summed E-state index contributed by atoms with van der Waals surface area (Å²) in [7, 11) is 1.65. The zero-order valence-corrected chi connectivity index (χ0v) is 15.8. The number of carbonyl (C=O) groups is 1. The van der Waals surface area contributed by atoms with Gasteiger partial charge in [-0.25, -0.2) is 4.99 Å². The average molecular weight is 370 g/mol. The number of aliphatic imine (C=N–C) groups is 1. The lowest BCUT2D eigenvalue weighted by Gasteiger charge is -2.06. The zero-order chi connectivity index (χ0) is 17.8. The largest absolute Gasteiger partial charge is 0.496 e. The van der Waals surface area contributed by atoms with Crippen LogP contribution in [0, 0.1) is 6.92 Å². The van der Waals surface area contributed by atoms with E-state index in [0.29, 0.717) is 10.1 Å². The van der Waals surface area contributed by atoms with E-state index in [9.17, 15) is 4.79 Å². The molecule has 1 N–H and O–H groups in total. The maximum Gasteiger partial charge on any atom is 0.264 e. The van der Waals surface area contributed by atoms with Crippen LogP contribution in [0.15, 0.2) is 57.3 Å². The number of amides is 1. The summed E-state index contributed by atoms with van der Waals surface area (Å²) in [6.07, 6.45) is 3.86. The summed E-state index contributed by atoms with van der Waals surface area (Å²) in [6.45, 7) is 2.01. The van der Waals surface area contributed by atoms with Crippen LogP contribution in [0.1, 0.15) is 11.1 Å². The Kier molecular flexibility index (Phi) is 5.50. The topological polar surface area (TPSA) is 50.7 Å². The van der Waals surface area contributed by atoms with Gasteiger partial charge < -0.3 is 10.1 Å². The monoisotopic (exact) mass is 370 g/mol. The van der Waals surface area contributed by atoms with E-state index in [0.717, 1.165) is 27.5 Å².